The maximum Gasteiger partial charge on any atom is 0.240 e. The summed E-state index contributed by atoms with van der Waals surface area (Å²) in [5.74, 6) is 2.76. The van der Waals surface area contributed by atoms with Crippen LogP contribution in [0.1, 0.15) is 49.5 Å². The zero-order valence-electron chi connectivity index (χ0n) is 14.2. The molecule has 1 N–H and O–H groups in total. The molecular weight excluding hydrogens is 302 g/mol. The van der Waals surface area contributed by atoms with E-state index >= 15 is 0 Å². The van der Waals surface area contributed by atoms with Gasteiger partial charge in [-0.2, -0.15) is 4.98 Å². The smallest absolute Gasteiger partial charge is 0.240 e. The van der Waals surface area contributed by atoms with Crippen molar-refractivity contribution >= 4 is 0 Å². The van der Waals surface area contributed by atoms with Crippen molar-refractivity contribution in [2.45, 2.75) is 51.2 Å². The maximum absolute atomic E-state index is 5.35. The molecule has 1 aliphatic carbocycles. The highest BCUT2D eigenvalue weighted by Gasteiger charge is 2.29. The third-order valence-electron chi connectivity index (χ3n) is 5.04. The van der Waals surface area contributed by atoms with Crippen LogP contribution < -0.4 is 5.32 Å². The molecule has 6 nitrogen and oxygen atoms in total. The Kier molecular flexibility index (Phi) is 4.58. The Hall–Kier alpha value is -1.79. The second-order valence-corrected chi connectivity index (χ2v) is 7.13. The summed E-state index contributed by atoms with van der Waals surface area (Å²) in [7, 11) is 0. The predicted molar refractivity (Wildman–Crippen MR) is 90.2 cm³/mol. The summed E-state index contributed by atoms with van der Waals surface area (Å²) < 4.78 is 5.35. The minimum absolute atomic E-state index is 0.501. The van der Waals surface area contributed by atoms with E-state index in [4.69, 9.17) is 4.52 Å². The fourth-order valence-electron chi connectivity index (χ4n) is 3.47. The molecule has 128 valence electrons. The van der Waals surface area contributed by atoms with Gasteiger partial charge >= 0.3 is 0 Å². The molecule has 2 atom stereocenters. The van der Waals surface area contributed by atoms with Gasteiger partial charge in [0.1, 0.15) is 0 Å². The maximum atomic E-state index is 5.35. The summed E-state index contributed by atoms with van der Waals surface area (Å²) in [6.45, 7) is 6.11. The van der Waals surface area contributed by atoms with E-state index in [0.717, 1.165) is 43.5 Å². The van der Waals surface area contributed by atoms with E-state index in [0.29, 0.717) is 24.4 Å². The van der Waals surface area contributed by atoms with Gasteiger partial charge in [0.05, 0.1) is 12.2 Å². The van der Waals surface area contributed by atoms with E-state index in [-0.39, 0.29) is 0 Å². The standard InChI is InChI=1S/C18H25N5O/c1-13-11-23(12-15-4-2-3-8-19-15)9-7-16(13)20-10-17-21-18(22-24-17)14-5-6-14/h2-4,8,13-14,16,20H,5-7,9-12H2,1H3/t13-,16-/m1/s1. The van der Waals surface area contributed by atoms with Gasteiger partial charge in [0.25, 0.3) is 0 Å². The van der Waals surface area contributed by atoms with Crippen molar-refractivity contribution in [2.24, 2.45) is 5.92 Å². The summed E-state index contributed by atoms with van der Waals surface area (Å²) in [4.78, 5) is 11.4. The Morgan fingerprint density at radius 3 is 2.96 bits per heavy atom. The fourth-order valence-corrected chi connectivity index (χ4v) is 3.47. The second kappa shape index (κ2) is 6.99. The van der Waals surface area contributed by atoms with Crippen LogP contribution in [0.25, 0.3) is 0 Å². The first kappa shape index (κ1) is 15.7. The minimum atomic E-state index is 0.501. The molecule has 0 radical (unpaired) electrons. The van der Waals surface area contributed by atoms with E-state index in [1.54, 1.807) is 0 Å². The molecule has 1 saturated carbocycles. The Bertz CT molecular complexity index is 654. The summed E-state index contributed by atoms with van der Waals surface area (Å²) in [5, 5.41) is 7.68. The molecule has 24 heavy (non-hydrogen) atoms. The monoisotopic (exact) mass is 327 g/mol. The van der Waals surface area contributed by atoms with Gasteiger partial charge in [-0.1, -0.05) is 18.1 Å². The van der Waals surface area contributed by atoms with Crippen LogP contribution in [0.5, 0.6) is 0 Å². The van der Waals surface area contributed by atoms with Gasteiger partial charge in [0.15, 0.2) is 5.82 Å². The summed E-state index contributed by atoms with van der Waals surface area (Å²) >= 11 is 0. The largest absolute Gasteiger partial charge is 0.338 e. The van der Waals surface area contributed by atoms with Crippen LogP contribution >= 0.6 is 0 Å². The van der Waals surface area contributed by atoms with E-state index in [2.05, 4.69) is 44.4 Å². The third-order valence-corrected chi connectivity index (χ3v) is 5.04. The topological polar surface area (TPSA) is 67.1 Å². The van der Waals surface area contributed by atoms with Gasteiger partial charge in [-0.15, -0.1) is 0 Å². The lowest BCUT2D eigenvalue weighted by molar-refractivity contribution is 0.137. The zero-order valence-corrected chi connectivity index (χ0v) is 14.2. The van der Waals surface area contributed by atoms with E-state index < -0.39 is 0 Å². The number of nitrogens with one attached hydrogen (secondary N) is 1. The predicted octanol–water partition coefficient (Wildman–Crippen LogP) is 2.34. The molecule has 6 heteroatoms. The van der Waals surface area contributed by atoms with Crippen molar-refractivity contribution in [1.29, 1.82) is 0 Å². The van der Waals surface area contributed by atoms with Crippen LogP contribution in [0.15, 0.2) is 28.9 Å². The molecule has 2 aliphatic rings. The van der Waals surface area contributed by atoms with Gasteiger partial charge in [0.2, 0.25) is 5.89 Å². The molecule has 1 aliphatic heterocycles. The zero-order chi connectivity index (χ0) is 16.4. The Balaban J connectivity index is 1.25. The van der Waals surface area contributed by atoms with Crippen molar-refractivity contribution in [1.82, 2.24) is 25.3 Å². The number of hydrogen-bond donors (Lipinski definition) is 1. The molecule has 0 spiro atoms. The SMILES string of the molecule is C[C@@H]1CN(Cc2ccccn2)CC[C@H]1NCc1nc(C2CC2)no1. The Labute approximate surface area is 142 Å². The molecule has 2 aromatic rings. The lowest BCUT2D eigenvalue weighted by Crippen LogP contribution is -2.47. The van der Waals surface area contributed by atoms with Crippen LogP contribution in [-0.4, -0.2) is 39.2 Å². The van der Waals surface area contributed by atoms with Gasteiger partial charge in [0, 0.05) is 37.8 Å². The van der Waals surface area contributed by atoms with Crippen molar-refractivity contribution in [2.75, 3.05) is 13.1 Å². The van der Waals surface area contributed by atoms with Gasteiger partial charge in [-0.3, -0.25) is 9.88 Å². The van der Waals surface area contributed by atoms with Crippen molar-refractivity contribution in [3.63, 3.8) is 0 Å². The molecular formula is C18H25N5O. The van der Waals surface area contributed by atoms with Crippen LogP contribution in [0, 0.1) is 5.92 Å². The Morgan fingerprint density at radius 2 is 2.21 bits per heavy atom. The lowest BCUT2D eigenvalue weighted by Gasteiger charge is -2.37. The number of rotatable bonds is 6. The minimum Gasteiger partial charge on any atom is -0.338 e. The summed E-state index contributed by atoms with van der Waals surface area (Å²) in [6.07, 6.45) is 5.42. The van der Waals surface area contributed by atoms with E-state index in [9.17, 15) is 0 Å². The lowest BCUT2D eigenvalue weighted by atomic mass is 9.93. The van der Waals surface area contributed by atoms with Crippen molar-refractivity contribution in [3.05, 3.63) is 41.8 Å². The number of piperidine rings is 1. The molecule has 0 unspecified atom stereocenters. The molecule has 3 heterocycles. The number of hydrogen-bond acceptors (Lipinski definition) is 6. The highest BCUT2D eigenvalue weighted by Crippen LogP contribution is 2.38. The van der Waals surface area contributed by atoms with Crippen LogP contribution in [0.2, 0.25) is 0 Å². The molecule has 0 bridgehead atoms. The Morgan fingerprint density at radius 1 is 1.29 bits per heavy atom. The normalized spacial score (nSPS) is 25.0. The average molecular weight is 327 g/mol. The number of aromatic nitrogens is 3. The van der Waals surface area contributed by atoms with Gasteiger partial charge < -0.3 is 9.84 Å². The highest BCUT2D eigenvalue weighted by molar-refractivity contribution is 5.04. The number of nitrogens with zero attached hydrogens (tertiary/aromatic N) is 4. The quantitative estimate of drug-likeness (QED) is 0.878. The van der Waals surface area contributed by atoms with Crippen LogP contribution in [0.3, 0.4) is 0 Å². The molecule has 1 saturated heterocycles. The van der Waals surface area contributed by atoms with Gasteiger partial charge in [-0.25, -0.2) is 0 Å². The van der Waals surface area contributed by atoms with E-state index in [1.807, 2.05) is 12.3 Å². The van der Waals surface area contributed by atoms with Crippen LogP contribution in [-0.2, 0) is 13.1 Å². The van der Waals surface area contributed by atoms with E-state index in [1.165, 1.54) is 12.8 Å². The summed E-state index contributed by atoms with van der Waals surface area (Å²) in [6, 6.07) is 6.62. The first-order chi connectivity index (χ1) is 11.8. The third kappa shape index (κ3) is 3.82. The first-order valence-electron chi connectivity index (χ1n) is 8.96. The summed E-state index contributed by atoms with van der Waals surface area (Å²) in [5.41, 5.74) is 1.15. The highest BCUT2D eigenvalue weighted by atomic mass is 16.5. The number of pyridine rings is 1. The fraction of sp³-hybridized carbons (Fsp3) is 0.611. The number of likely N-dealkylation sites (tertiary alicyclic amines) is 1. The van der Waals surface area contributed by atoms with Gasteiger partial charge in [-0.05, 0) is 37.3 Å². The molecule has 4 rings (SSSR count). The molecule has 0 amide bonds. The van der Waals surface area contributed by atoms with Crippen LogP contribution in [0.4, 0.5) is 0 Å². The van der Waals surface area contributed by atoms with Crippen molar-refractivity contribution in [3.8, 4) is 0 Å². The molecule has 0 aromatic carbocycles. The first-order valence-corrected chi connectivity index (χ1v) is 8.96. The molecule has 2 aromatic heterocycles. The average Bonchev–Trinajstić information content (AvgIpc) is 3.34. The molecule has 2 fully saturated rings. The second-order valence-electron chi connectivity index (χ2n) is 7.13. The van der Waals surface area contributed by atoms with Crippen molar-refractivity contribution < 1.29 is 4.52 Å².